The zero-order chi connectivity index (χ0) is 26.6. The average Bonchev–Trinajstić information content (AvgIpc) is 3.54. The summed E-state index contributed by atoms with van der Waals surface area (Å²) in [6, 6.07) is 22.5. The summed E-state index contributed by atoms with van der Waals surface area (Å²) in [5, 5.41) is 6.78. The molecule has 1 aliphatic heterocycles. The molecular formula is C29H28N4O4S. The highest BCUT2D eigenvalue weighted by Gasteiger charge is 2.42. The number of benzene rings is 2. The van der Waals surface area contributed by atoms with Gasteiger partial charge in [-0.15, -0.1) is 0 Å². The summed E-state index contributed by atoms with van der Waals surface area (Å²) in [4.78, 5) is 18.4. The van der Waals surface area contributed by atoms with Crippen molar-refractivity contribution in [2.75, 3.05) is 23.9 Å². The number of hydrogen-bond donors (Lipinski definition) is 2. The summed E-state index contributed by atoms with van der Waals surface area (Å²) in [5.74, 6) is 2.61. The molecule has 38 heavy (non-hydrogen) atoms. The Bertz CT molecular complexity index is 1440. The molecule has 9 heteroatoms. The fourth-order valence-electron chi connectivity index (χ4n) is 4.60. The monoisotopic (exact) mass is 528 g/mol. The van der Waals surface area contributed by atoms with Crippen LogP contribution in [0.25, 0.3) is 11.3 Å². The van der Waals surface area contributed by atoms with E-state index in [1.165, 1.54) is 6.92 Å². The third-order valence-corrected chi connectivity index (χ3v) is 6.55. The quantitative estimate of drug-likeness (QED) is 0.274. The van der Waals surface area contributed by atoms with Gasteiger partial charge < -0.3 is 29.4 Å². The number of carbonyl (C=O) groups excluding carboxylic acids is 1. The highest BCUT2D eigenvalue weighted by Crippen LogP contribution is 2.44. The Morgan fingerprint density at radius 1 is 1.13 bits per heavy atom. The van der Waals surface area contributed by atoms with Crippen LogP contribution < -0.4 is 25.0 Å². The first-order chi connectivity index (χ1) is 18.5. The first kappa shape index (κ1) is 25.3. The van der Waals surface area contributed by atoms with E-state index >= 15 is 0 Å². The summed E-state index contributed by atoms with van der Waals surface area (Å²) in [6.45, 7) is 4.02. The van der Waals surface area contributed by atoms with Gasteiger partial charge in [-0.1, -0.05) is 6.07 Å². The fourth-order valence-corrected chi connectivity index (χ4v) is 4.95. The summed E-state index contributed by atoms with van der Waals surface area (Å²) in [6.07, 6.45) is 1.76. The van der Waals surface area contributed by atoms with E-state index in [1.54, 1.807) is 13.3 Å². The number of nitrogens with one attached hydrogen (secondary N) is 2. The van der Waals surface area contributed by atoms with Crippen LogP contribution in [0.15, 0.2) is 83.4 Å². The van der Waals surface area contributed by atoms with Crippen molar-refractivity contribution in [2.45, 2.75) is 25.9 Å². The number of amides is 1. The van der Waals surface area contributed by atoms with Crippen molar-refractivity contribution in [3.8, 4) is 22.8 Å². The number of pyridine rings is 1. The minimum absolute atomic E-state index is 0.198. The molecule has 0 bridgehead atoms. The number of carbonyl (C=O) groups is 1. The topological polar surface area (TPSA) is 88.9 Å². The van der Waals surface area contributed by atoms with Gasteiger partial charge in [0.2, 0.25) is 5.91 Å². The third kappa shape index (κ3) is 5.05. The molecule has 0 radical (unpaired) electrons. The zero-order valence-electron chi connectivity index (χ0n) is 21.3. The summed E-state index contributed by atoms with van der Waals surface area (Å²) in [7, 11) is 1.56. The predicted octanol–water partition coefficient (Wildman–Crippen LogP) is 5.88. The van der Waals surface area contributed by atoms with Crippen molar-refractivity contribution in [3.05, 3.63) is 90.4 Å². The van der Waals surface area contributed by atoms with Crippen molar-refractivity contribution in [1.29, 1.82) is 0 Å². The minimum atomic E-state index is -0.340. The maximum Gasteiger partial charge on any atom is 0.221 e. The van der Waals surface area contributed by atoms with Crippen LogP contribution in [0.1, 0.15) is 37.4 Å². The van der Waals surface area contributed by atoms with E-state index < -0.39 is 0 Å². The molecule has 1 fully saturated rings. The van der Waals surface area contributed by atoms with Crippen LogP contribution in [-0.4, -0.2) is 29.7 Å². The van der Waals surface area contributed by atoms with Gasteiger partial charge in [0.05, 0.1) is 31.1 Å². The maximum atomic E-state index is 11.8. The number of aromatic nitrogens is 1. The van der Waals surface area contributed by atoms with Crippen LogP contribution in [-0.2, 0) is 4.79 Å². The van der Waals surface area contributed by atoms with E-state index in [0.717, 1.165) is 28.5 Å². The molecule has 2 atom stereocenters. The van der Waals surface area contributed by atoms with Crippen LogP contribution in [0.3, 0.4) is 0 Å². The lowest BCUT2D eigenvalue weighted by atomic mass is 10.0. The van der Waals surface area contributed by atoms with Crippen molar-refractivity contribution < 1.29 is 18.7 Å². The van der Waals surface area contributed by atoms with Gasteiger partial charge in [-0.25, -0.2) is 0 Å². The number of thiocarbonyl (C=S) groups is 1. The standard InChI is InChI=1S/C29H28N4O4S/c1-4-36-21-11-8-19(9-12-21)24-14-15-26(37-24)28-27(22-7-5-6-16-30-22)32-29(38)33(28)20-10-13-25(35-3)23(17-20)31-18(2)34/h5-17,27-28H,4H2,1-3H3,(H,31,34)(H,32,38)/t27-,28+/m0/s1. The molecule has 1 aliphatic rings. The molecule has 0 saturated carbocycles. The number of rotatable bonds is 8. The SMILES string of the molecule is CCOc1ccc(-c2ccc([C@@H]3[C@H](c4ccccn4)NC(=S)N3c3ccc(OC)c(NC(C)=O)c3)o2)cc1. The Morgan fingerprint density at radius 2 is 1.95 bits per heavy atom. The van der Waals surface area contributed by atoms with Crippen LogP contribution in [0.5, 0.6) is 11.5 Å². The molecule has 4 aromatic rings. The Labute approximate surface area is 226 Å². The molecular weight excluding hydrogens is 500 g/mol. The van der Waals surface area contributed by atoms with Gasteiger partial charge in [0.25, 0.3) is 0 Å². The first-order valence-corrected chi connectivity index (χ1v) is 12.7. The van der Waals surface area contributed by atoms with Crippen molar-refractivity contribution in [3.63, 3.8) is 0 Å². The molecule has 2 aromatic heterocycles. The van der Waals surface area contributed by atoms with E-state index in [-0.39, 0.29) is 18.0 Å². The van der Waals surface area contributed by atoms with Crippen molar-refractivity contribution >= 4 is 34.6 Å². The molecule has 5 rings (SSSR count). The number of furan rings is 1. The van der Waals surface area contributed by atoms with Gasteiger partial charge >= 0.3 is 0 Å². The summed E-state index contributed by atoms with van der Waals surface area (Å²) < 4.78 is 17.5. The normalized spacial score (nSPS) is 16.7. The van der Waals surface area contributed by atoms with E-state index in [9.17, 15) is 4.79 Å². The molecule has 0 unspecified atom stereocenters. The molecule has 1 saturated heterocycles. The van der Waals surface area contributed by atoms with Crippen LogP contribution >= 0.6 is 12.2 Å². The van der Waals surface area contributed by atoms with E-state index in [2.05, 4.69) is 15.6 Å². The van der Waals surface area contributed by atoms with Gasteiger partial charge in [-0.2, -0.15) is 0 Å². The van der Waals surface area contributed by atoms with Gasteiger partial charge in [-0.05, 0) is 85.9 Å². The minimum Gasteiger partial charge on any atom is -0.495 e. The smallest absolute Gasteiger partial charge is 0.221 e. The summed E-state index contributed by atoms with van der Waals surface area (Å²) >= 11 is 5.82. The fraction of sp³-hybridized carbons (Fsp3) is 0.207. The molecule has 2 aromatic carbocycles. The number of methoxy groups -OCH3 is 1. The summed E-state index contributed by atoms with van der Waals surface area (Å²) in [5.41, 5.74) is 3.09. The average molecular weight is 529 g/mol. The third-order valence-electron chi connectivity index (χ3n) is 6.24. The Hall–Kier alpha value is -4.37. The highest BCUT2D eigenvalue weighted by molar-refractivity contribution is 7.80. The van der Waals surface area contributed by atoms with E-state index in [1.807, 2.05) is 84.6 Å². The lowest BCUT2D eigenvalue weighted by Gasteiger charge is -2.27. The number of anilines is 2. The Balaban J connectivity index is 1.56. The second kappa shape index (κ2) is 10.9. The molecule has 0 spiro atoms. The number of nitrogens with zero attached hydrogens (tertiary/aromatic N) is 2. The predicted molar refractivity (Wildman–Crippen MR) is 151 cm³/mol. The van der Waals surface area contributed by atoms with Crippen LogP contribution in [0.4, 0.5) is 11.4 Å². The largest absolute Gasteiger partial charge is 0.495 e. The molecule has 1 amide bonds. The van der Waals surface area contributed by atoms with Gasteiger partial charge in [0.15, 0.2) is 5.11 Å². The highest BCUT2D eigenvalue weighted by atomic mass is 32.1. The Kier molecular flexibility index (Phi) is 7.28. The second-order valence-corrected chi connectivity index (χ2v) is 9.11. The van der Waals surface area contributed by atoms with Crippen LogP contribution in [0.2, 0.25) is 0 Å². The van der Waals surface area contributed by atoms with Gasteiger partial charge in [-0.3, -0.25) is 9.78 Å². The molecule has 8 nitrogen and oxygen atoms in total. The first-order valence-electron chi connectivity index (χ1n) is 12.3. The molecule has 194 valence electrons. The zero-order valence-corrected chi connectivity index (χ0v) is 22.1. The van der Waals surface area contributed by atoms with Crippen LogP contribution in [0, 0.1) is 0 Å². The second-order valence-electron chi connectivity index (χ2n) is 8.72. The maximum absolute atomic E-state index is 11.8. The van der Waals surface area contributed by atoms with Crippen molar-refractivity contribution in [1.82, 2.24) is 10.3 Å². The van der Waals surface area contributed by atoms with E-state index in [4.69, 9.17) is 26.1 Å². The molecule has 2 N–H and O–H groups in total. The number of ether oxygens (including phenoxy) is 2. The molecule has 3 heterocycles. The molecule has 0 aliphatic carbocycles. The van der Waals surface area contributed by atoms with Gasteiger partial charge in [0.1, 0.15) is 29.1 Å². The Morgan fingerprint density at radius 3 is 2.63 bits per heavy atom. The lowest BCUT2D eigenvalue weighted by Crippen LogP contribution is -2.29. The van der Waals surface area contributed by atoms with Crippen molar-refractivity contribution in [2.24, 2.45) is 0 Å². The lowest BCUT2D eigenvalue weighted by molar-refractivity contribution is -0.114. The van der Waals surface area contributed by atoms with E-state index in [0.29, 0.717) is 28.9 Å². The number of hydrogen-bond acceptors (Lipinski definition) is 6. The van der Waals surface area contributed by atoms with Gasteiger partial charge in [0, 0.05) is 24.4 Å².